The average molecular weight is 483 g/mol. The van der Waals surface area contributed by atoms with Crippen LogP contribution in [0.3, 0.4) is 0 Å². The highest BCUT2D eigenvalue weighted by molar-refractivity contribution is 7.98. The molecule has 12 heteroatoms. The number of pyridine rings is 1. The van der Waals surface area contributed by atoms with Crippen LogP contribution >= 0.6 is 11.8 Å². The molecule has 0 atom stereocenters. The quantitative estimate of drug-likeness (QED) is 0.361. The zero-order chi connectivity index (χ0) is 23.3. The number of benzene rings is 1. The Morgan fingerprint density at radius 1 is 1.03 bits per heavy atom. The van der Waals surface area contributed by atoms with Crippen molar-refractivity contribution in [3.8, 4) is 0 Å². The maximum absolute atomic E-state index is 12.8. The number of hydrogen-bond acceptors (Lipinski definition) is 9. The van der Waals surface area contributed by atoms with Gasteiger partial charge in [-0.2, -0.15) is 0 Å². The molecule has 4 aromatic rings. The summed E-state index contributed by atoms with van der Waals surface area (Å²) in [4.78, 5) is 24.8. The maximum atomic E-state index is 12.8. The van der Waals surface area contributed by atoms with E-state index in [0.717, 1.165) is 5.69 Å². The molecule has 2 N–H and O–H groups in total. The molecule has 0 unspecified atom stereocenters. The number of rotatable bonds is 8. The van der Waals surface area contributed by atoms with E-state index in [2.05, 4.69) is 30.1 Å². The Labute approximate surface area is 193 Å². The first-order chi connectivity index (χ1) is 15.9. The van der Waals surface area contributed by atoms with E-state index in [9.17, 15) is 13.2 Å². The van der Waals surface area contributed by atoms with Gasteiger partial charge in [0.25, 0.3) is 15.9 Å². The number of thioether (sulfide) groups is 1. The van der Waals surface area contributed by atoms with Crippen LogP contribution in [0.5, 0.6) is 0 Å². The number of carbonyl (C=O) groups is 1. The highest BCUT2D eigenvalue weighted by Gasteiger charge is 2.17. The summed E-state index contributed by atoms with van der Waals surface area (Å²) in [6.07, 6.45) is 4.47. The van der Waals surface area contributed by atoms with Crippen molar-refractivity contribution >= 4 is 39.3 Å². The minimum atomic E-state index is -3.86. The third-order valence-electron chi connectivity index (χ3n) is 4.26. The number of sulfonamides is 1. The van der Waals surface area contributed by atoms with Crippen molar-refractivity contribution in [2.45, 2.75) is 22.6 Å². The molecule has 0 saturated heterocycles. The molecule has 0 spiro atoms. The summed E-state index contributed by atoms with van der Waals surface area (Å²) in [5.41, 5.74) is 1.57. The largest absolute Gasteiger partial charge is 0.361 e. The fourth-order valence-electron chi connectivity index (χ4n) is 2.75. The second kappa shape index (κ2) is 9.79. The van der Waals surface area contributed by atoms with Crippen LogP contribution in [0, 0.1) is 6.92 Å². The lowest BCUT2D eigenvalue weighted by molar-refractivity contribution is 0.102. The van der Waals surface area contributed by atoms with Gasteiger partial charge in [0, 0.05) is 36.1 Å². The van der Waals surface area contributed by atoms with Crippen molar-refractivity contribution in [1.29, 1.82) is 0 Å². The van der Waals surface area contributed by atoms with Crippen LogP contribution in [0.1, 0.15) is 21.8 Å². The molecule has 0 saturated carbocycles. The van der Waals surface area contributed by atoms with E-state index in [4.69, 9.17) is 4.52 Å². The first-order valence-electron chi connectivity index (χ1n) is 9.62. The lowest BCUT2D eigenvalue weighted by atomic mass is 10.2. The number of hydrogen-bond donors (Lipinski definition) is 2. The molecule has 1 aromatic carbocycles. The number of aromatic nitrogens is 4. The molecule has 0 aliphatic rings. The number of amides is 1. The molecule has 0 aliphatic heterocycles. The number of anilines is 2. The monoisotopic (exact) mass is 482 g/mol. The first kappa shape index (κ1) is 22.4. The highest BCUT2D eigenvalue weighted by Crippen LogP contribution is 2.25. The van der Waals surface area contributed by atoms with Gasteiger partial charge in [0.2, 0.25) is 5.95 Å². The third kappa shape index (κ3) is 5.73. The lowest BCUT2D eigenvalue weighted by Gasteiger charge is -2.10. The number of aryl methyl sites for hydroxylation is 1. The molecule has 10 nitrogen and oxygen atoms in total. The summed E-state index contributed by atoms with van der Waals surface area (Å²) in [6, 6.07) is 12.5. The number of nitrogens with zero attached hydrogens (tertiary/aromatic N) is 4. The average Bonchev–Trinajstić information content (AvgIpc) is 3.23. The molecule has 0 aliphatic carbocycles. The summed E-state index contributed by atoms with van der Waals surface area (Å²) >= 11 is 1.37. The molecular formula is C21H18N6O4S2. The van der Waals surface area contributed by atoms with E-state index >= 15 is 0 Å². The predicted octanol–water partition coefficient (Wildman–Crippen LogP) is 3.51. The Balaban J connectivity index is 1.44. The molecular weight excluding hydrogens is 464 g/mol. The maximum Gasteiger partial charge on any atom is 0.264 e. The molecule has 0 radical (unpaired) electrons. The van der Waals surface area contributed by atoms with Crippen LogP contribution in [-0.4, -0.2) is 34.4 Å². The third-order valence-corrected chi connectivity index (χ3v) is 6.65. The van der Waals surface area contributed by atoms with Gasteiger partial charge in [0.1, 0.15) is 10.8 Å². The van der Waals surface area contributed by atoms with Gasteiger partial charge in [-0.3, -0.25) is 4.79 Å². The van der Waals surface area contributed by atoms with Crippen LogP contribution in [0.2, 0.25) is 0 Å². The summed E-state index contributed by atoms with van der Waals surface area (Å²) < 4.78 is 32.3. The Hall–Kier alpha value is -3.77. The van der Waals surface area contributed by atoms with Gasteiger partial charge in [-0.15, -0.1) is 0 Å². The van der Waals surface area contributed by atoms with E-state index in [0.29, 0.717) is 27.8 Å². The van der Waals surface area contributed by atoms with Crippen molar-refractivity contribution in [3.05, 3.63) is 84.1 Å². The second-order valence-electron chi connectivity index (χ2n) is 6.73. The minimum absolute atomic E-state index is 0.00785. The fourth-order valence-corrected chi connectivity index (χ4v) is 4.58. The summed E-state index contributed by atoms with van der Waals surface area (Å²) in [6.45, 7) is 1.81. The zero-order valence-electron chi connectivity index (χ0n) is 17.3. The second-order valence-corrected chi connectivity index (χ2v) is 9.38. The highest BCUT2D eigenvalue weighted by atomic mass is 32.2. The molecule has 168 valence electrons. The van der Waals surface area contributed by atoms with Gasteiger partial charge in [-0.05, 0) is 49.4 Å². The van der Waals surface area contributed by atoms with Crippen molar-refractivity contribution in [3.63, 3.8) is 0 Å². The van der Waals surface area contributed by atoms with Gasteiger partial charge < -0.3 is 9.84 Å². The lowest BCUT2D eigenvalue weighted by Crippen LogP contribution is -2.16. The predicted molar refractivity (Wildman–Crippen MR) is 122 cm³/mol. The van der Waals surface area contributed by atoms with E-state index in [1.807, 2.05) is 13.0 Å². The Morgan fingerprint density at radius 2 is 1.76 bits per heavy atom. The van der Waals surface area contributed by atoms with Gasteiger partial charge >= 0.3 is 0 Å². The molecule has 0 fully saturated rings. The Kier molecular flexibility index (Phi) is 6.66. The zero-order valence-corrected chi connectivity index (χ0v) is 18.9. The van der Waals surface area contributed by atoms with Gasteiger partial charge in [-0.1, -0.05) is 16.9 Å². The van der Waals surface area contributed by atoms with Crippen molar-refractivity contribution < 1.29 is 17.7 Å². The Morgan fingerprint density at radius 3 is 2.45 bits per heavy atom. The minimum Gasteiger partial charge on any atom is -0.361 e. The normalized spacial score (nSPS) is 11.2. The van der Waals surface area contributed by atoms with Crippen molar-refractivity contribution in [2.75, 3.05) is 10.0 Å². The summed E-state index contributed by atoms with van der Waals surface area (Å²) in [5, 5.41) is 7.25. The number of carbonyl (C=O) groups excluding carboxylic acids is 1. The standard InChI is InChI=1S/C21H18N6O4S2/c1-14-12-16(26-31-14)13-32-20-18(4-2-9-22-20)19(28)25-15-5-7-17(8-6-15)33(29,30)27-21-23-10-3-11-24-21/h2-12H,13H2,1H3,(H,25,28)(H,23,24,27). The number of nitrogens with one attached hydrogen (secondary N) is 2. The van der Waals surface area contributed by atoms with Gasteiger partial charge in [-0.25, -0.2) is 28.1 Å². The summed E-state index contributed by atoms with van der Waals surface area (Å²) in [7, 11) is -3.86. The van der Waals surface area contributed by atoms with Crippen LogP contribution in [0.25, 0.3) is 0 Å². The van der Waals surface area contributed by atoms with E-state index in [1.165, 1.54) is 48.4 Å². The van der Waals surface area contributed by atoms with E-state index < -0.39 is 10.0 Å². The van der Waals surface area contributed by atoms with Gasteiger partial charge in [0.05, 0.1) is 16.2 Å². The molecule has 1 amide bonds. The van der Waals surface area contributed by atoms with Crippen molar-refractivity contribution in [2.24, 2.45) is 0 Å². The summed E-state index contributed by atoms with van der Waals surface area (Å²) in [5.74, 6) is 0.812. The molecule has 33 heavy (non-hydrogen) atoms. The van der Waals surface area contributed by atoms with Crippen LogP contribution in [0.15, 0.2) is 81.6 Å². The van der Waals surface area contributed by atoms with Crippen LogP contribution in [-0.2, 0) is 15.8 Å². The molecule has 0 bridgehead atoms. The van der Waals surface area contributed by atoms with Crippen LogP contribution < -0.4 is 10.0 Å². The van der Waals surface area contributed by atoms with Crippen LogP contribution in [0.4, 0.5) is 11.6 Å². The SMILES string of the molecule is Cc1cc(CSc2ncccc2C(=O)Nc2ccc(S(=O)(=O)Nc3ncccn3)cc2)no1. The first-order valence-corrected chi connectivity index (χ1v) is 12.1. The molecule has 3 heterocycles. The smallest absolute Gasteiger partial charge is 0.264 e. The van der Waals surface area contributed by atoms with E-state index in [1.54, 1.807) is 24.4 Å². The van der Waals surface area contributed by atoms with Crippen molar-refractivity contribution in [1.82, 2.24) is 20.1 Å². The van der Waals surface area contributed by atoms with E-state index in [-0.39, 0.29) is 16.8 Å². The Bertz CT molecular complexity index is 1360. The fraction of sp³-hybridized carbons (Fsp3) is 0.0952. The topological polar surface area (TPSA) is 140 Å². The molecule has 3 aromatic heterocycles. The van der Waals surface area contributed by atoms with Gasteiger partial charge in [0.15, 0.2) is 0 Å². The molecule has 4 rings (SSSR count).